The highest BCUT2D eigenvalue weighted by atomic mass is 16.2. The van der Waals surface area contributed by atoms with Crippen LogP contribution >= 0.6 is 0 Å². The van der Waals surface area contributed by atoms with E-state index < -0.39 is 0 Å². The fourth-order valence-electron chi connectivity index (χ4n) is 5.46. The lowest BCUT2D eigenvalue weighted by atomic mass is 9.96. The smallest absolute Gasteiger partial charge is 0.263 e. The van der Waals surface area contributed by atoms with E-state index in [9.17, 15) is 4.79 Å². The molecule has 0 saturated heterocycles. The van der Waals surface area contributed by atoms with Crippen molar-refractivity contribution in [3.63, 3.8) is 0 Å². The monoisotopic (exact) mass is 488 g/mol. The van der Waals surface area contributed by atoms with Gasteiger partial charge in [-0.1, -0.05) is 84.9 Å². The van der Waals surface area contributed by atoms with Crippen LogP contribution in [0.1, 0.15) is 10.4 Å². The van der Waals surface area contributed by atoms with Gasteiger partial charge >= 0.3 is 0 Å². The molecule has 0 fully saturated rings. The lowest BCUT2D eigenvalue weighted by molar-refractivity contribution is 0.100. The predicted molar refractivity (Wildman–Crippen MR) is 157 cm³/mol. The lowest BCUT2D eigenvalue weighted by Crippen LogP contribution is -2.20. The highest BCUT2D eigenvalue weighted by Gasteiger charge is 2.31. The van der Waals surface area contributed by atoms with Crippen molar-refractivity contribution in [2.75, 3.05) is 9.80 Å². The van der Waals surface area contributed by atoms with Crippen LogP contribution in [0.3, 0.4) is 0 Å². The van der Waals surface area contributed by atoms with Gasteiger partial charge < -0.3 is 4.90 Å². The van der Waals surface area contributed by atoms with Crippen molar-refractivity contribution < 1.29 is 4.79 Å². The molecule has 0 unspecified atom stereocenters. The molecule has 0 aromatic heterocycles. The summed E-state index contributed by atoms with van der Waals surface area (Å²) in [7, 11) is 0. The van der Waals surface area contributed by atoms with E-state index in [2.05, 4.69) is 71.6 Å². The second-order valence-electron chi connectivity index (χ2n) is 9.39. The van der Waals surface area contributed by atoms with Crippen molar-refractivity contribution in [1.29, 1.82) is 0 Å². The number of rotatable bonds is 5. The van der Waals surface area contributed by atoms with E-state index in [1.165, 1.54) is 0 Å². The standard InChI is InChI=1S/C35H24N2O/c38-35-32-18-10-17-31-30(25-11-4-1-5-12-25)23-24-33(34(31)32)37(35)29-21-19-28(20-22-29)36(26-13-6-2-7-14-26)27-15-8-3-9-16-27/h1-24H. The first-order valence-electron chi connectivity index (χ1n) is 12.8. The van der Waals surface area contributed by atoms with Gasteiger partial charge in [0.05, 0.1) is 11.3 Å². The van der Waals surface area contributed by atoms with Crippen LogP contribution in [0, 0.1) is 0 Å². The number of hydrogen-bond acceptors (Lipinski definition) is 2. The minimum atomic E-state index is 0.00605. The second kappa shape index (κ2) is 9.06. The van der Waals surface area contributed by atoms with E-state index in [0.29, 0.717) is 0 Å². The van der Waals surface area contributed by atoms with E-state index in [0.717, 1.165) is 55.9 Å². The number of benzene rings is 6. The number of amides is 1. The summed E-state index contributed by atoms with van der Waals surface area (Å²) in [6.07, 6.45) is 0. The summed E-state index contributed by atoms with van der Waals surface area (Å²) in [4.78, 5) is 17.8. The second-order valence-corrected chi connectivity index (χ2v) is 9.39. The number of carbonyl (C=O) groups is 1. The quantitative estimate of drug-likeness (QED) is 0.241. The molecule has 38 heavy (non-hydrogen) atoms. The van der Waals surface area contributed by atoms with Gasteiger partial charge in [-0.05, 0) is 77.2 Å². The lowest BCUT2D eigenvalue weighted by Gasteiger charge is -2.26. The zero-order chi connectivity index (χ0) is 25.5. The molecule has 0 saturated carbocycles. The normalized spacial score (nSPS) is 12.2. The van der Waals surface area contributed by atoms with Crippen molar-refractivity contribution in [3.8, 4) is 11.1 Å². The maximum absolute atomic E-state index is 13.7. The maximum Gasteiger partial charge on any atom is 0.263 e. The topological polar surface area (TPSA) is 23.6 Å². The Kier molecular flexibility index (Phi) is 5.26. The van der Waals surface area contributed by atoms with Crippen LogP contribution in [0.25, 0.3) is 21.9 Å². The molecule has 3 nitrogen and oxygen atoms in total. The third-order valence-corrected chi connectivity index (χ3v) is 7.17. The Morgan fingerprint density at radius 2 is 1.05 bits per heavy atom. The summed E-state index contributed by atoms with van der Waals surface area (Å²) >= 11 is 0. The molecular formula is C35H24N2O. The number of carbonyl (C=O) groups excluding carboxylic acids is 1. The molecule has 6 aromatic rings. The molecule has 1 aliphatic heterocycles. The molecule has 6 aromatic carbocycles. The molecule has 1 heterocycles. The van der Waals surface area contributed by atoms with Crippen LogP contribution in [-0.2, 0) is 0 Å². The molecule has 1 amide bonds. The van der Waals surface area contributed by atoms with Crippen LogP contribution in [0.5, 0.6) is 0 Å². The Hall–Kier alpha value is -5.15. The van der Waals surface area contributed by atoms with Crippen LogP contribution in [0.15, 0.2) is 146 Å². The molecule has 0 bridgehead atoms. The van der Waals surface area contributed by atoms with Crippen LogP contribution < -0.4 is 9.80 Å². The first kappa shape index (κ1) is 22.1. The number of hydrogen-bond donors (Lipinski definition) is 0. The van der Waals surface area contributed by atoms with Crippen molar-refractivity contribution >= 4 is 45.1 Å². The van der Waals surface area contributed by atoms with Gasteiger partial charge in [-0.15, -0.1) is 0 Å². The zero-order valence-electron chi connectivity index (χ0n) is 20.7. The van der Waals surface area contributed by atoms with Crippen LogP contribution in [0.2, 0.25) is 0 Å². The maximum atomic E-state index is 13.7. The molecular weight excluding hydrogens is 464 g/mol. The molecule has 0 aliphatic carbocycles. The van der Waals surface area contributed by atoms with Gasteiger partial charge in [0.15, 0.2) is 0 Å². The Morgan fingerprint density at radius 1 is 0.474 bits per heavy atom. The number of para-hydroxylation sites is 2. The summed E-state index contributed by atoms with van der Waals surface area (Å²) in [6, 6.07) is 49.5. The Bertz CT molecular complexity index is 1720. The van der Waals surface area contributed by atoms with Gasteiger partial charge in [0.2, 0.25) is 0 Å². The van der Waals surface area contributed by atoms with Crippen molar-refractivity contribution in [1.82, 2.24) is 0 Å². The molecule has 1 aliphatic rings. The van der Waals surface area contributed by atoms with E-state index in [1.807, 2.05) is 83.8 Å². The highest BCUT2D eigenvalue weighted by molar-refractivity contribution is 6.29. The largest absolute Gasteiger partial charge is 0.311 e. The highest BCUT2D eigenvalue weighted by Crippen LogP contribution is 2.45. The molecule has 180 valence electrons. The van der Waals surface area contributed by atoms with Crippen molar-refractivity contribution in [2.45, 2.75) is 0 Å². The fraction of sp³-hybridized carbons (Fsp3) is 0. The van der Waals surface area contributed by atoms with Crippen LogP contribution in [-0.4, -0.2) is 5.91 Å². The minimum Gasteiger partial charge on any atom is -0.311 e. The van der Waals surface area contributed by atoms with E-state index in [-0.39, 0.29) is 5.91 Å². The SMILES string of the molecule is O=C1c2cccc3c(-c4ccccc4)ccc(c23)N1c1ccc(N(c2ccccc2)c2ccccc2)cc1. The van der Waals surface area contributed by atoms with Gasteiger partial charge in [-0.2, -0.15) is 0 Å². The van der Waals surface area contributed by atoms with Crippen LogP contribution in [0.4, 0.5) is 28.4 Å². The van der Waals surface area contributed by atoms with E-state index >= 15 is 0 Å². The summed E-state index contributed by atoms with van der Waals surface area (Å²) < 4.78 is 0. The minimum absolute atomic E-state index is 0.00605. The number of anilines is 5. The van der Waals surface area contributed by atoms with Gasteiger partial charge in [0, 0.05) is 28.1 Å². The van der Waals surface area contributed by atoms with Gasteiger partial charge in [0.1, 0.15) is 0 Å². The third-order valence-electron chi connectivity index (χ3n) is 7.17. The average Bonchev–Trinajstić information content (AvgIpc) is 3.28. The third kappa shape index (κ3) is 3.56. The average molecular weight is 489 g/mol. The molecule has 7 rings (SSSR count). The predicted octanol–water partition coefficient (Wildman–Crippen LogP) is 9.27. The van der Waals surface area contributed by atoms with Gasteiger partial charge in [-0.3, -0.25) is 9.69 Å². The van der Waals surface area contributed by atoms with E-state index in [4.69, 9.17) is 0 Å². The Labute approximate surface area is 221 Å². The van der Waals surface area contributed by atoms with Crippen molar-refractivity contribution in [2.24, 2.45) is 0 Å². The van der Waals surface area contributed by atoms with Gasteiger partial charge in [-0.25, -0.2) is 0 Å². The summed E-state index contributed by atoms with van der Waals surface area (Å²) in [5.41, 5.74) is 7.99. The van der Waals surface area contributed by atoms with Crippen molar-refractivity contribution in [3.05, 3.63) is 151 Å². The summed E-state index contributed by atoms with van der Waals surface area (Å²) in [5, 5.41) is 2.11. The Balaban J connectivity index is 1.31. The first-order chi connectivity index (χ1) is 18.8. The van der Waals surface area contributed by atoms with Gasteiger partial charge in [0.25, 0.3) is 5.91 Å². The fourth-order valence-corrected chi connectivity index (χ4v) is 5.46. The molecule has 0 N–H and O–H groups in total. The zero-order valence-corrected chi connectivity index (χ0v) is 20.7. The summed E-state index contributed by atoms with van der Waals surface area (Å²) in [6.45, 7) is 0. The first-order valence-corrected chi connectivity index (χ1v) is 12.8. The molecule has 3 heteroatoms. The number of nitrogens with zero attached hydrogens (tertiary/aromatic N) is 2. The summed E-state index contributed by atoms with van der Waals surface area (Å²) in [5.74, 6) is 0.00605. The van der Waals surface area contributed by atoms with E-state index in [1.54, 1.807) is 0 Å². The molecule has 0 spiro atoms. The molecule has 0 radical (unpaired) electrons. The Morgan fingerprint density at radius 3 is 1.68 bits per heavy atom. The molecule has 0 atom stereocenters.